The van der Waals surface area contributed by atoms with Crippen LogP contribution in [0.5, 0.6) is 11.5 Å². The van der Waals surface area contributed by atoms with Crippen LogP contribution in [0.1, 0.15) is 21.7 Å². The molecule has 1 aliphatic rings. The van der Waals surface area contributed by atoms with E-state index in [4.69, 9.17) is 14.0 Å². The first-order chi connectivity index (χ1) is 12.6. The maximum absolute atomic E-state index is 12.3. The van der Waals surface area contributed by atoms with E-state index in [1.807, 2.05) is 32.2 Å². The van der Waals surface area contributed by atoms with Gasteiger partial charge in [-0.1, -0.05) is 11.2 Å². The second-order valence-corrected chi connectivity index (χ2v) is 6.04. The molecule has 0 atom stereocenters. The molecule has 1 aliphatic heterocycles. The third-order valence-electron chi connectivity index (χ3n) is 4.38. The van der Waals surface area contributed by atoms with Crippen LogP contribution in [0.4, 0.5) is 0 Å². The van der Waals surface area contributed by atoms with Crippen molar-refractivity contribution in [3.8, 4) is 22.8 Å². The van der Waals surface area contributed by atoms with Crippen molar-refractivity contribution in [2.75, 3.05) is 13.3 Å². The molecule has 0 aliphatic carbocycles. The van der Waals surface area contributed by atoms with Gasteiger partial charge in [-0.05, 0) is 31.0 Å². The largest absolute Gasteiger partial charge is 0.454 e. The maximum atomic E-state index is 12.3. The van der Waals surface area contributed by atoms with Crippen molar-refractivity contribution in [2.24, 2.45) is 7.05 Å². The molecule has 8 heteroatoms. The fourth-order valence-corrected chi connectivity index (χ4v) is 2.76. The number of aromatic nitrogens is 3. The lowest BCUT2D eigenvalue weighted by Gasteiger charge is -2.04. The Hall–Kier alpha value is -3.29. The Labute approximate surface area is 149 Å². The fraction of sp³-hybridized carbons (Fsp3) is 0.278. The van der Waals surface area contributed by atoms with Crippen LogP contribution in [0.15, 0.2) is 35.0 Å². The van der Waals surface area contributed by atoms with Crippen molar-refractivity contribution in [2.45, 2.75) is 13.3 Å². The second kappa shape index (κ2) is 6.55. The Balaban J connectivity index is 1.36. The quantitative estimate of drug-likeness (QED) is 0.754. The average Bonchev–Trinajstić information content (AvgIpc) is 3.36. The van der Waals surface area contributed by atoms with Crippen molar-refractivity contribution in [3.05, 3.63) is 47.4 Å². The SMILES string of the molecule is Cc1c(-c2cc(C(=O)NCCc3ccc4c(c3)OCO4)no2)cnn1C. The first-order valence-electron chi connectivity index (χ1n) is 8.24. The molecular formula is C18H18N4O4. The predicted molar refractivity (Wildman–Crippen MR) is 92.0 cm³/mol. The summed E-state index contributed by atoms with van der Waals surface area (Å²) in [6.07, 6.45) is 2.37. The van der Waals surface area contributed by atoms with E-state index >= 15 is 0 Å². The molecule has 3 aromatic rings. The van der Waals surface area contributed by atoms with Gasteiger partial charge in [0.05, 0.1) is 11.8 Å². The number of carbonyl (C=O) groups excluding carboxylic acids is 1. The number of carbonyl (C=O) groups is 1. The summed E-state index contributed by atoms with van der Waals surface area (Å²) in [5.74, 6) is 1.74. The molecular weight excluding hydrogens is 336 g/mol. The Kier molecular flexibility index (Phi) is 4.08. The number of fused-ring (bicyclic) bond motifs is 1. The fourth-order valence-electron chi connectivity index (χ4n) is 2.76. The van der Waals surface area contributed by atoms with E-state index in [0.717, 1.165) is 28.3 Å². The average molecular weight is 354 g/mol. The molecule has 1 aromatic carbocycles. The van der Waals surface area contributed by atoms with E-state index in [2.05, 4.69) is 15.6 Å². The van der Waals surface area contributed by atoms with Gasteiger partial charge in [0.2, 0.25) is 6.79 Å². The Morgan fingerprint density at radius 2 is 2.12 bits per heavy atom. The summed E-state index contributed by atoms with van der Waals surface area (Å²) in [5.41, 5.74) is 3.06. The molecule has 0 unspecified atom stereocenters. The molecule has 0 saturated heterocycles. The Morgan fingerprint density at radius 1 is 1.27 bits per heavy atom. The Bertz CT molecular complexity index is 960. The van der Waals surface area contributed by atoms with Crippen molar-refractivity contribution in [1.82, 2.24) is 20.3 Å². The standard InChI is InChI=1S/C18H18N4O4/c1-11-13(9-20-22(11)2)16-8-14(21-26-16)18(23)19-6-5-12-3-4-15-17(7-12)25-10-24-15/h3-4,7-9H,5-6,10H2,1-2H3,(H,19,23). The van der Waals surface area contributed by atoms with Crippen LogP contribution in [-0.2, 0) is 13.5 Å². The lowest BCUT2D eigenvalue weighted by atomic mass is 10.1. The van der Waals surface area contributed by atoms with E-state index < -0.39 is 0 Å². The van der Waals surface area contributed by atoms with Crippen molar-refractivity contribution < 1.29 is 18.8 Å². The Morgan fingerprint density at radius 3 is 2.92 bits per heavy atom. The van der Waals surface area contributed by atoms with E-state index in [1.165, 1.54) is 0 Å². The molecule has 0 radical (unpaired) electrons. The van der Waals surface area contributed by atoms with Crippen LogP contribution >= 0.6 is 0 Å². The molecule has 26 heavy (non-hydrogen) atoms. The van der Waals surface area contributed by atoms with Crippen LogP contribution in [-0.4, -0.2) is 34.2 Å². The third kappa shape index (κ3) is 3.01. The van der Waals surface area contributed by atoms with E-state index in [9.17, 15) is 4.79 Å². The van der Waals surface area contributed by atoms with Crippen LogP contribution in [0.3, 0.4) is 0 Å². The zero-order chi connectivity index (χ0) is 18.1. The third-order valence-corrected chi connectivity index (χ3v) is 4.38. The molecule has 1 amide bonds. The molecule has 2 aromatic heterocycles. The van der Waals surface area contributed by atoms with Gasteiger partial charge in [-0.3, -0.25) is 9.48 Å². The van der Waals surface area contributed by atoms with Gasteiger partial charge in [-0.25, -0.2) is 0 Å². The number of ether oxygens (including phenoxy) is 2. The van der Waals surface area contributed by atoms with E-state index in [-0.39, 0.29) is 18.4 Å². The first-order valence-corrected chi connectivity index (χ1v) is 8.24. The minimum absolute atomic E-state index is 0.244. The summed E-state index contributed by atoms with van der Waals surface area (Å²) < 4.78 is 17.7. The number of amides is 1. The van der Waals surface area contributed by atoms with Gasteiger partial charge in [0.1, 0.15) is 0 Å². The number of hydrogen-bond donors (Lipinski definition) is 1. The zero-order valence-corrected chi connectivity index (χ0v) is 14.5. The van der Waals surface area contributed by atoms with Crippen LogP contribution in [0, 0.1) is 6.92 Å². The molecule has 1 N–H and O–H groups in total. The number of benzene rings is 1. The van der Waals surface area contributed by atoms with Crippen molar-refractivity contribution >= 4 is 5.91 Å². The molecule has 0 fully saturated rings. The summed E-state index contributed by atoms with van der Waals surface area (Å²) >= 11 is 0. The second-order valence-electron chi connectivity index (χ2n) is 6.04. The highest BCUT2D eigenvalue weighted by molar-refractivity contribution is 5.93. The zero-order valence-electron chi connectivity index (χ0n) is 14.5. The van der Waals surface area contributed by atoms with Crippen LogP contribution < -0.4 is 14.8 Å². The highest BCUT2D eigenvalue weighted by Crippen LogP contribution is 2.32. The molecule has 4 rings (SSSR count). The minimum atomic E-state index is -0.276. The number of rotatable bonds is 5. The summed E-state index contributed by atoms with van der Waals surface area (Å²) in [7, 11) is 1.85. The van der Waals surface area contributed by atoms with Crippen LogP contribution in [0.25, 0.3) is 11.3 Å². The predicted octanol–water partition coefficient (Wildman–Crippen LogP) is 2.08. The molecule has 3 heterocycles. The van der Waals surface area contributed by atoms with Gasteiger partial charge in [0.25, 0.3) is 5.91 Å². The number of hydrogen-bond acceptors (Lipinski definition) is 6. The molecule has 134 valence electrons. The number of nitrogens with one attached hydrogen (secondary N) is 1. The molecule has 0 saturated carbocycles. The first kappa shape index (κ1) is 16.2. The lowest BCUT2D eigenvalue weighted by molar-refractivity contribution is 0.0945. The van der Waals surface area contributed by atoms with Crippen molar-refractivity contribution in [3.63, 3.8) is 0 Å². The summed E-state index contributed by atoms with van der Waals surface area (Å²) in [4.78, 5) is 12.3. The summed E-state index contributed by atoms with van der Waals surface area (Å²) in [6.45, 7) is 2.66. The molecule has 0 bridgehead atoms. The lowest BCUT2D eigenvalue weighted by Crippen LogP contribution is -2.25. The van der Waals surface area contributed by atoms with Crippen LogP contribution in [0.2, 0.25) is 0 Å². The molecule has 0 spiro atoms. The van der Waals surface area contributed by atoms with Gasteiger partial charge in [0.15, 0.2) is 23.0 Å². The van der Waals surface area contributed by atoms with Gasteiger partial charge in [0, 0.05) is 25.4 Å². The summed E-state index contributed by atoms with van der Waals surface area (Å²) in [6, 6.07) is 7.38. The normalized spacial score (nSPS) is 12.4. The van der Waals surface area contributed by atoms with Gasteiger partial charge in [-0.15, -0.1) is 0 Å². The smallest absolute Gasteiger partial charge is 0.273 e. The van der Waals surface area contributed by atoms with Crippen molar-refractivity contribution in [1.29, 1.82) is 0 Å². The monoisotopic (exact) mass is 354 g/mol. The minimum Gasteiger partial charge on any atom is -0.454 e. The molecule has 8 nitrogen and oxygen atoms in total. The highest BCUT2D eigenvalue weighted by atomic mass is 16.7. The number of nitrogens with zero attached hydrogens (tertiary/aromatic N) is 3. The van der Waals surface area contributed by atoms with E-state index in [1.54, 1.807) is 16.9 Å². The summed E-state index contributed by atoms with van der Waals surface area (Å²) in [5, 5.41) is 10.9. The van der Waals surface area contributed by atoms with E-state index in [0.29, 0.717) is 18.7 Å². The number of aryl methyl sites for hydroxylation is 1. The highest BCUT2D eigenvalue weighted by Gasteiger charge is 2.17. The van der Waals surface area contributed by atoms with Gasteiger partial charge < -0.3 is 19.3 Å². The topological polar surface area (TPSA) is 91.4 Å². The van der Waals surface area contributed by atoms with Gasteiger partial charge in [-0.2, -0.15) is 5.10 Å². The maximum Gasteiger partial charge on any atom is 0.273 e. The van der Waals surface area contributed by atoms with Gasteiger partial charge >= 0.3 is 0 Å².